The number of hydrogen-bond donors (Lipinski definition) is 1. The van der Waals surface area contributed by atoms with E-state index < -0.39 is 17.6 Å². The van der Waals surface area contributed by atoms with Crippen LogP contribution in [0.5, 0.6) is 0 Å². The van der Waals surface area contributed by atoms with Gasteiger partial charge in [0.05, 0.1) is 21.8 Å². The van der Waals surface area contributed by atoms with Crippen molar-refractivity contribution in [3.05, 3.63) is 52.4 Å². The van der Waals surface area contributed by atoms with Crippen LogP contribution in [0.15, 0.2) is 30.5 Å². The van der Waals surface area contributed by atoms with E-state index in [1.54, 1.807) is 6.07 Å². The minimum atomic E-state index is -4.56. The second-order valence-corrected chi connectivity index (χ2v) is 4.42. The molecular weight excluding hydrogens is 310 g/mol. The Bertz CT molecular complexity index is 722. The Morgan fingerprint density at radius 3 is 2.52 bits per heavy atom. The lowest BCUT2D eigenvalue weighted by Crippen LogP contribution is -2.06. The zero-order chi connectivity index (χ0) is 15.6. The molecule has 1 aromatic heterocycles. The van der Waals surface area contributed by atoms with Crippen molar-refractivity contribution < 1.29 is 17.6 Å². The molecule has 0 aliphatic rings. The molecule has 0 saturated carbocycles. The molecule has 0 aliphatic carbocycles. The first-order chi connectivity index (χ1) is 9.81. The lowest BCUT2D eigenvalue weighted by atomic mass is 10.1. The van der Waals surface area contributed by atoms with E-state index in [1.165, 1.54) is 6.20 Å². The Morgan fingerprint density at radius 2 is 1.95 bits per heavy atom. The molecule has 0 aliphatic heterocycles. The molecule has 0 saturated heterocycles. The van der Waals surface area contributed by atoms with Crippen molar-refractivity contribution in [1.82, 2.24) is 4.98 Å². The predicted octanol–water partition coefficient (Wildman–Crippen LogP) is 4.51. The van der Waals surface area contributed by atoms with Gasteiger partial charge in [-0.05, 0) is 24.3 Å². The Labute approximate surface area is 121 Å². The summed E-state index contributed by atoms with van der Waals surface area (Å²) in [6.45, 7) is 0. The van der Waals surface area contributed by atoms with E-state index >= 15 is 0 Å². The number of nitrogens with one attached hydrogen (secondary N) is 1. The summed E-state index contributed by atoms with van der Waals surface area (Å²) in [5.74, 6) is -1.03. The fourth-order valence-electron chi connectivity index (χ4n) is 1.56. The van der Waals surface area contributed by atoms with E-state index in [0.29, 0.717) is 6.07 Å². The number of nitriles is 1. The lowest BCUT2D eigenvalue weighted by molar-refractivity contribution is -0.137. The van der Waals surface area contributed by atoms with Crippen LogP contribution < -0.4 is 5.32 Å². The number of nitrogens with zero attached hydrogens (tertiary/aromatic N) is 2. The number of aromatic nitrogens is 1. The highest BCUT2D eigenvalue weighted by atomic mass is 35.5. The third kappa shape index (κ3) is 3.41. The zero-order valence-corrected chi connectivity index (χ0v) is 10.9. The molecule has 1 aromatic carbocycles. The predicted molar refractivity (Wildman–Crippen MR) is 68.6 cm³/mol. The topological polar surface area (TPSA) is 48.7 Å². The van der Waals surface area contributed by atoms with Crippen LogP contribution in [0, 0.1) is 17.1 Å². The van der Waals surface area contributed by atoms with Gasteiger partial charge in [0.2, 0.25) is 0 Å². The zero-order valence-electron chi connectivity index (χ0n) is 10.2. The van der Waals surface area contributed by atoms with Crippen molar-refractivity contribution in [3.63, 3.8) is 0 Å². The summed E-state index contributed by atoms with van der Waals surface area (Å²) in [6.07, 6.45) is -3.39. The van der Waals surface area contributed by atoms with Crippen molar-refractivity contribution in [1.29, 1.82) is 5.26 Å². The minimum absolute atomic E-state index is 0.0132. The molecule has 2 aromatic rings. The summed E-state index contributed by atoms with van der Waals surface area (Å²) in [7, 11) is 0. The molecule has 0 unspecified atom stereocenters. The van der Waals surface area contributed by atoms with Crippen LogP contribution in [0.3, 0.4) is 0 Å². The van der Waals surface area contributed by atoms with Crippen molar-refractivity contribution in [2.24, 2.45) is 0 Å². The summed E-state index contributed by atoms with van der Waals surface area (Å²) in [5, 5.41) is 11.4. The van der Waals surface area contributed by atoms with Crippen LogP contribution in [-0.4, -0.2) is 4.98 Å². The first kappa shape index (κ1) is 15.1. The highest BCUT2D eigenvalue weighted by Gasteiger charge is 2.31. The van der Waals surface area contributed by atoms with E-state index in [-0.39, 0.29) is 22.1 Å². The number of hydrogen-bond acceptors (Lipinski definition) is 3. The highest BCUT2D eigenvalue weighted by Crippen LogP contribution is 2.32. The SMILES string of the molecule is N#Cc1cc(C(F)(F)F)ccc1Nc1ncc(Cl)cc1F. The largest absolute Gasteiger partial charge is 0.416 e. The molecule has 1 heterocycles. The number of alkyl halides is 3. The second kappa shape index (κ2) is 5.58. The van der Waals surface area contributed by atoms with Gasteiger partial charge in [0.25, 0.3) is 0 Å². The monoisotopic (exact) mass is 315 g/mol. The molecule has 0 atom stereocenters. The maximum atomic E-state index is 13.6. The van der Waals surface area contributed by atoms with E-state index in [9.17, 15) is 17.6 Å². The Hall–Kier alpha value is -2.33. The van der Waals surface area contributed by atoms with Crippen LogP contribution >= 0.6 is 11.6 Å². The summed E-state index contributed by atoms with van der Waals surface area (Å²) in [5.41, 5.74) is -1.23. The molecule has 0 radical (unpaired) electrons. The van der Waals surface area contributed by atoms with Gasteiger partial charge in [0.15, 0.2) is 11.6 Å². The average Bonchev–Trinajstić information content (AvgIpc) is 2.41. The van der Waals surface area contributed by atoms with Crippen LogP contribution in [0.2, 0.25) is 5.02 Å². The fourth-order valence-corrected chi connectivity index (χ4v) is 1.70. The quantitative estimate of drug-likeness (QED) is 0.830. The standard InChI is InChI=1S/C13H6ClF4N3/c14-9-4-10(15)12(20-6-9)21-11-2-1-8(13(16,17)18)3-7(11)5-19/h1-4,6H,(H,20,21). The average molecular weight is 316 g/mol. The van der Waals surface area contributed by atoms with Gasteiger partial charge in [-0.15, -0.1) is 0 Å². The van der Waals surface area contributed by atoms with Crippen LogP contribution in [0.4, 0.5) is 29.1 Å². The van der Waals surface area contributed by atoms with E-state index in [1.807, 2.05) is 0 Å². The smallest absolute Gasteiger partial charge is 0.337 e. The molecule has 0 bridgehead atoms. The van der Waals surface area contributed by atoms with Gasteiger partial charge in [0.1, 0.15) is 6.07 Å². The first-order valence-electron chi connectivity index (χ1n) is 5.50. The van der Waals surface area contributed by atoms with Gasteiger partial charge >= 0.3 is 6.18 Å². The van der Waals surface area contributed by atoms with Gasteiger partial charge in [-0.2, -0.15) is 18.4 Å². The molecule has 3 nitrogen and oxygen atoms in total. The van der Waals surface area contributed by atoms with Gasteiger partial charge in [-0.3, -0.25) is 0 Å². The van der Waals surface area contributed by atoms with Crippen molar-refractivity contribution in [3.8, 4) is 6.07 Å². The van der Waals surface area contributed by atoms with Crippen LogP contribution in [0.25, 0.3) is 0 Å². The third-order valence-corrected chi connectivity index (χ3v) is 2.73. The maximum absolute atomic E-state index is 13.6. The molecule has 2 rings (SSSR count). The lowest BCUT2D eigenvalue weighted by Gasteiger charge is -2.11. The van der Waals surface area contributed by atoms with Gasteiger partial charge in [-0.25, -0.2) is 9.37 Å². The van der Waals surface area contributed by atoms with Gasteiger partial charge in [-0.1, -0.05) is 11.6 Å². The fraction of sp³-hybridized carbons (Fsp3) is 0.0769. The molecule has 0 fully saturated rings. The Kier molecular flexibility index (Phi) is 4.00. The van der Waals surface area contributed by atoms with Crippen molar-refractivity contribution in [2.45, 2.75) is 6.18 Å². The van der Waals surface area contributed by atoms with Gasteiger partial charge < -0.3 is 5.32 Å². The number of rotatable bonds is 2. The molecule has 0 spiro atoms. The number of benzene rings is 1. The van der Waals surface area contributed by atoms with Crippen molar-refractivity contribution in [2.75, 3.05) is 5.32 Å². The van der Waals surface area contributed by atoms with E-state index in [0.717, 1.165) is 18.2 Å². The molecule has 21 heavy (non-hydrogen) atoms. The molecule has 1 N–H and O–H groups in total. The van der Waals surface area contributed by atoms with Crippen molar-refractivity contribution >= 4 is 23.1 Å². The minimum Gasteiger partial charge on any atom is -0.337 e. The Morgan fingerprint density at radius 1 is 1.24 bits per heavy atom. The summed E-state index contributed by atoms with van der Waals surface area (Å²) < 4.78 is 51.2. The normalized spacial score (nSPS) is 11.0. The highest BCUT2D eigenvalue weighted by molar-refractivity contribution is 6.30. The summed E-state index contributed by atoms with van der Waals surface area (Å²) in [4.78, 5) is 3.67. The first-order valence-corrected chi connectivity index (χ1v) is 5.88. The van der Waals surface area contributed by atoms with Crippen LogP contribution in [0.1, 0.15) is 11.1 Å². The second-order valence-electron chi connectivity index (χ2n) is 3.98. The van der Waals surface area contributed by atoms with Crippen LogP contribution in [-0.2, 0) is 6.18 Å². The number of anilines is 2. The molecule has 8 heteroatoms. The molecular formula is C13H6ClF4N3. The van der Waals surface area contributed by atoms with E-state index in [2.05, 4.69) is 10.3 Å². The Balaban J connectivity index is 2.39. The number of pyridine rings is 1. The maximum Gasteiger partial charge on any atom is 0.416 e. The molecule has 108 valence electrons. The van der Waals surface area contributed by atoms with Gasteiger partial charge in [0, 0.05) is 6.20 Å². The summed E-state index contributed by atoms with van der Waals surface area (Å²) in [6, 6.07) is 5.12. The third-order valence-electron chi connectivity index (χ3n) is 2.53. The summed E-state index contributed by atoms with van der Waals surface area (Å²) >= 11 is 5.54. The van der Waals surface area contributed by atoms with E-state index in [4.69, 9.17) is 16.9 Å². The number of halogens is 5. The molecule has 0 amide bonds.